The Labute approximate surface area is 173 Å². The molecule has 4 aliphatic rings. The molecule has 4 unspecified atom stereocenters. The van der Waals surface area contributed by atoms with E-state index < -0.39 is 0 Å². The normalized spacial score (nSPS) is 47.2. The first-order valence-electron chi connectivity index (χ1n) is 12.4. The van der Waals surface area contributed by atoms with Gasteiger partial charge in [-0.15, -0.1) is 0 Å². The quantitative estimate of drug-likeness (QED) is 0.605. The van der Waals surface area contributed by atoms with E-state index >= 15 is 0 Å². The maximum Gasteiger partial charge on any atom is 0.133 e. The van der Waals surface area contributed by atoms with Crippen molar-refractivity contribution in [2.24, 2.45) is 46.3 Å². The highest BCUT2D eigenvalue weighted by Gasteiger charge is 2.57. The molecule has 1 N–H and O–H groups in total. The van der Waals surface area contributed by atoms with Crippen LogP contribution in [0.1, 0.15) is 105 Å². The summed E-state index contributed by atoms with van der Waals surface area (Å²) in [5.74, 6) is 5.02. The van der Waals surface area contributed by atoms with E-state index in [4.69, 9.17) is 0 Å². The van der Waals surface area contributed by atoms with Crippen LogP contribution in [0.4, 0.5) is 0 Å². The number of fused-ring (bicyclic) bond motifs is 6. The van der Waals surface area contributed by atoms with Gasteiger partial charge in [-0.25, -0.2) is 0 Å². The molecule has 0 amide bonds. The second kappa shape index (κ2) is 7.71. The molecule has 0 heterocycles. The molecular weight excluding hydrogens is 344 g/mol. The highest BCUT2D eigenvalue weighted by molar-refractivity contribution is 5.79. The van der Waals surface area contributed by atoms with Crippen LogP contribution < -0.4 is 0 Å². The molecule has 0 spiro atoms. The van der Waals surface area contributed by atoms with E-state index in [1.165, 1.54) is 51.4 Å². The zero-order valence-corrected chi connectivity index (χ0v) is 18.9. The second-order valence-electron chi connectivity index (χ2n) is 12.1. The van der Waals surface area contributed by atoms with Crippen molar-refractivity contribution in [1.29, 1.82) is 0 Å². The number of hydrogen-bond acceptors (Lipinski definition) is 2. The summed E-state index contributed by atoms with van der Waals surface area (Å²) in [5.41, 5.74) is 0.907. The molecule has 160 valence electrons. The van der Waals surface area contributed by atoms with Gasteiger partial charge in [-0.2, -0.15) is 0 Å². The molecule has 0 aromatic heterocycles. The molecule has 0 aromatic carbocycles. The predicted octanol–water partition coefficient (Wildman–Crippen LogP) is 6.40. The standard InChI is InChI=1S/C26H44O2/c1-17(2)24(28)10-7-19-6-9-23-21-8-5-18-15-20(27)11-13-25(3,16-18)22(21)12-14-26(19,23)4/h17-19,21-24,28H,5-16H2,1-4H3/t18?,19?,21-,22?,23?,24-,25+,26-/m1/s1. The lowest BCUT2D eigenvalue weighted by atomic mass is 9.52. The monoisotopic (exact) mass is 388 g/mol. The molecule has 0 aliphatic heterocycles. The van der Waals surface area contributed by atoms with Gasteiger partial charge in [0.25, 0.3) is 0 Å². The van der Waals surface area contributed by atoms with Crippen LogP contribution in [0.5, 0.6) is 0 Å². The van der Waals surface area contributed by atoms with Crippen LogP contribution in [-0.2, 0) is 4.79 Å². The van der Waals surface area contributed by atoms with Crippen LogP contribution in [-0.4, -0.2) is 17.0 Å². The Morgan fingerprint density at radius 1 is 1.04 bits per heavy atom. The molecule has 2 bridgehead atoms. The van der Waals surface area contributed by atoms with E-state index in [0.717, 1.165) is 49.4 Å². The lowest BCUT2D eigenvalue weighted by molar-refractivity contribution is -0.120. The Morgan fingerprint density at radius 3 is 2.57 bits per heavy atom. The van der Waals surface area contributed by atoms with E-state index in [1.54, 1.807) is 0 Å². The second-order valence-corrected chi connectivity index (χ2v) is 12.1. The third-order valence-corrected chi connectivity index (χ3v) is 10.3. The Bertz CT molecular complexity index is 583. The minimum absolute atomic E-state index is 0.128. The minimum Gasteiger partial charge on any atom is -0.393 e. The average molecular weight is 389 g/mol. The van der Waals surface area contributed by atoms with Gasteiger partial charge >= 0.3 is 0 Å². The van der Waals surface area contributed by atoms with Crippen LogP contribution in [0.2, 0.25) is 0 Å². The van der Waals surface area contributed by atoms with Gasteiger partial charge in [0, 0.05) is 12.8 Å². The van der Waals surface area contributed by atoms with Crippen LogP contribution in [0.3, 0.4) is 0 Å². The first-order chi connectivity index (χ1) is 13.2. The molecule has 4 fully saturated rings. The molecule has 4 aliphatic carbocycles. The summed E-state index contributed by atoms with van der Waals surface area (Å²) in [6, 6.07) is 0. The van der Waals surface area contributed by atoms with Gasteiger partial charge in [0.05, 0.1) is 6.10 Å². The molecular formula is C26H44O2. The van der Waals surface area contributed by atoms with Gasteiger partial charge in [0.15, 0.2) is 0 Å². The third-order valence-electron chi connectivity index (χ3n) is 10.3. The van der Waals surface area contributed by atoms with E-state index in [2.05, 4.69) is 27.7 Å². The van der Waals surface area contributed by atoms with Gasteiger partial charge in [-0.3, -0.25) is 4.79 Å². The number of aliphatic hydroxyl groups is 1. The number of carbonyl (C=O) groups is 1. The number of ketones is 1. The molecule has 0 radical (unpaired) electrons. The van der Waals surface area contributed by atoms with Gasteiger partial charge in [-0.1, -0.05) is 27.7 Å². The van der Waals surface area contributed by atoms with Crippen molar-refractivity contribution < 1.29 is 9.90 Å². The Hall–Kier alpha value is -0.370. The summed E-state index contributed by atoms with van der Waals surface area (Å²) in [4.78, 5) is 12.3. The molecule has 4 saturated carbocycles. The number of rotatable bonds is 4. The lowest BCUT2D eigenvalue weighted by Crippen LogP contribution is -2.46. The van der Waals surface area contributed by atoms with Gasteiger partial charge in [-0.05, 0) is 111 Å². The predicted molar refractivity (Wildman–Crippen MR) is 115 cm³/mol. The lowest BCUT2D eigenvalue weighted by Gasteiger charge is -2.53. The summed E-state index contributed by atoms with van der Waals surface area (Å²) in [7, 11) is 0. The van der Waals surface area contributed by atoms with Gasteiger partial charge < -0.3 is 5.11 Å². The smallest absolute Gasteiger partial charge is 0.133 e. The van der Waals surface area contributed by atoms with Crippen LogP contribution in [0, 0.1) is 46.3 Å². The SMILES string of the molecule is CC(C)[C@H](O)CCC1CCC2[C@@H]3CCC4CC(=O)CC[C@@](C)(C4)C3CC[C@]12C. The fourth-order valence-electron chi connectivity index (χ4n) is 8.50. The first kappa shape index (κ1) is 20.9. The van der Waals surface area contributed by atoms with E-state index in [1.807, 2.05) is 0 Å². The first-order valence-corrected chi connectivity index (χ1v) is 12.4. The molecule has 8 atom stereocenters. The average Bonchev–Trinajstić information content (AvgIpc) is 2.81. The van der Waals surface area contributed by atoms with Crippen LogP contribution in [0.25, 0.3) is 0 Å². The van der Waals surface area contributed by atoms with Crippen LogP contribution >= 0.6 is 0 Å². The van der Waals surface area contributed by atoms with Crippen molar-refractivity contribution in [3.05, 3.63) is 0 Å². The van der Waals surface area contributed by atoms with Crippen molar-refractivity contribution in [2.75, 3.05) is 0 Å². The molecule has 0 saturated heterocycles. The maximum absolute atomic E-state index is 12.3. The van der Waals surface area contributed by atoms with Crippen LogP contribution in [0.15, 0.2) is 0 Å². The number of carbonyl (C=O) groups excluding carboxylic acids is 1. The minimum atomic E-state index is -0.128. The fourth-order valence-corrected chi connectivity index (χ4v) is 8.50. The molecule has 28 heavy (non-hydrogen) atoms. The fraction of sp³-hybridized carbons (Fsp3) is 0.962. The molecule has 4 rings (SSSR count). The summed E-state index contributed by atoms with van der Waals surface area (Å²) in [6.07, 6.45) is 14.5. The Balaban J connectivity index is 1.51. The zero-order chi connectivity index (χ0) is 20.1. The highest BCUT2D eigenvalue weighted by atomic mass is 16.3. The topological polar surface area (TPSA) is 37.3 Å². The molecule has 0 aromatic rings. The van der Waals surface area contributed by atoms with Crippen molar-refractivity contribution in [2.45, 2.75) is 111 Å². The van der Waals surface area contributed by atoms with E-state index in [-0.39, 0.29) is 6.10 Å². The zero-order valence-electron chi connectivity index (χ0n) is 18.9. The highest BCUT2D eigenvalue weighted by Crippen LogP contribution is 2.66. The van der Waals surface area contributed by atoms with Crippen molar-refractivity contribution >= 4 is 5.78 Å². The number of aliphatic hydroxyl groups excluding tert-OH is 1. The summed E-state index contributed by atoms with van der Waals surface area (Å²) < 4.78 is 0. The molecule has 2 nitrogen and oxygen atoms in total. The maximum atomic E-state index is 12.3. The van der Waals surface area contributed by atoms with Crippen molar-refractivity contribution in [3.63, 3.8) is 0 Å². The van der Waals surface area contributed by atoms with E-state index in [0.29, 0.717) is 28.4 Å². The van der Waals surface area contributed by atoms with Gasteiger partial charge in [0.2, 0.25) is 0 Å². The van der Waals surface area contributed by atoms with Gasteiger partial charge in [0.1, 0.15) is 5.78 Å². The Morgan fingerprint density at radius 2 is 1.82 bits per heavy atom. The van der Waals surface area contributed by atoms with Crippen molar-refractivity contribution in [1.82, 2.24) is 0 Å². The Kier molecular flexibility index (Phi) is 5.75. The summed E-state index contributed by atoms with van der Waals surface area (Å²) in [5, 5.41) is 10.3. The number of hydrogen-bond donors (Lipinski definition) is 1. The number of Topliss-reactive ketones (excluding diaryl/α,β-unsaturated/α-hetero) is 1. The van der Waals surface area contributed by atoms with E-state index in [9.17, 15) is 9.90 Å². The largest absolute Gasteiger partial charge is 0.393 e. The van der Waals surface area contributed by atoms with Crippen molar-refractivity contribution in [3.8, 4) is 0 Å². The molecule has 2 heteroatoms. The summed E-state index contributed by atoms with van der Waals surface area (Å²) in [6.45, 7) is 9.46. The third kappa shape index (κ3) is 3.61. The summed E-state index contributed by atoms with van der Waals surface area (Å²) >= 11 is 0.